The van der Waals surface area contributed by atoms with Gasteiger partial charge in [0.1, 0.15) is 9.34 Å². The maximum absolute atomic E-state index is 11.1. The molecule has 0 N–H and O–H groups in total. The van der Waals surface area contributed by atoms with Crippen LogP contribution in [0.3, 0.4) is 0 Å². The van der Waals surface area contributed by atoms with Gasteiger partial charge in [0.05, 0.1) is 13.7 Å². The molecule has 1 aliphatic rings. The lowest BCUT2D eigenvalue weighted by molar-refractivity contribution is -0.123. The van der Waals surface area contributed by atoms with E-state index in [2.05, 4.69) is 0 Å². The molecule has 0 saturated heterocycles. The number of amides is 1. The van der Waals surface area contributed by atoms with Crippen molar-refractivity contribution in [2.75, 3.05) is 20.7 Å². The van der Waals surface area contributed by atoms with Gasteiger partial charge in [0.2, 0.25) is 0 Å². The lowest BCUT2D eigenvalue weighted by atomic mass is 10.5. The number of nitrogens with zero attached hydrogens (tertiary/aromatic N) is 1. The lowest BCUT2D eigenvalue weighted by Gasteiger charge is -2.06. The molecule has 0 aromatic rings. The summed E-state index contributed by atoms with van der Waals surface area (Å²) in [5.41, 5.74) is 0. The van der Waals surface area contributed by atoms with Crippen LogP contribution in [0.1, 0.15) is 0 Å². The number of carbonyl (C=O) groups excluding carboxylic acids is 1. The van der Waals surface area contributed by atoms with E-state index in [4.69, 9.17) is 4.74 Å². The molecule has 0 radical (unpaired) electrons. The van der Waals surface area contributed by atoms with Crippen LogP contribution in [0.4, 0.5) is 0 Å². The SMILES string of the molecule is COC1=C(I)C(=O)N(C)C1. The molecule has 1 heterocycles. The van der Waals surface area contributed by atoms with Gasteiger partial charge in [-0.05, 0) is 22.6 Å². The first-order chi connectivity index (χ1) is 4.66. The first-order valence-corrected chi connectivity index (χ1v) is 3.92. The minimum atomic E-state index is 0.0532. The van der Waals surface area contributed by atoms with E-state index in [0.717, 1.165) is 5.76 Å². The fourth-order valence-corrected chi connectivity index (χ4v) is 1.60. The van der Waals surface area contributed by atoms with Crippen molar-refractivity contribution in [3.8, 4) is 0 Å². The van der Waals surface area contributed by atoms with Gasteiger partial charge in [-0.2, -0.15) is 0 Å². The van der Waals surface area contributed by atoms with Gasteiger partial charge in [0.25, 0.3) is 5.91 Å². The van der Waals surface area contributed by atoms with Crippen LogP contribution in [-0.4, -0.2) is 31.5 Å². The molecular weight excluding hydrogens is 245 g/mol. The Morgan fingerprint density at radius 1 is 1.70 bits per heavy atom. The molecule has 10 heavy (non-hydrogen) atoms. The molecule has 0 aromatic heterocycles. The number of halogens is 1. The van der Waals surface area contributed by atoms with Crippen LogP contribution in [-0.2, 0) is 9.53 Å². The monoisotopic (exact) mass is 253 g/mol. The molecule has 1 amide bonds. The number of hydrogen-bond donors (Lipinski definition) is 0. The van der Waals surface area contributed by atoms with Crippen LogP contribution in [0.25, 0.3) is 0 Å². The van der Waals surface area contributed by atoms with E-state index in [9.17, 15) is 4.79 Å². The predicted octanol–water partition coefficient (Wildman–Crippen LogP) is 0.751. The third-order valence-electron chi connectivity index (χ3n) is 1.41. The molecule has 1 rings (SSSR count). The second-order valence-electron chi connectivity index (χ2n) is 2.10. The summed E-state index contributed by atoms with van der Waals surface area (Å²) < 4.78 is 5.67. The van der Waals surface area contributed by atoms with Gasteiger partial charge >= 0.3 is 0 Å². The third-order valence-corrected chi connectivity index (χ3v) is 2.47. The third kappa shape index (κ3) is 1.12. The molecule has 0 saturated carbocycles. The highest BCUT2D eigenvalue weighted by molar-refractivity contribution is 14.1. The molecular formula is C6H8INO2. The molecule has 0 atom stereocenters. The summed E-state index contributed by atoms with van der Waals surface area (Å²) in [4.78, 5) is 12.7. The number of methoxy groups -OCH3 is 1. The van der Waals surface area contributed by atoms with E-state index in [1.54, 1.807) is 19.1 Å². The highest BCUT2D eigenvalue weighted by atomic mass is 127. The van der Waals surface area contributed by atoms with Crippen LogP contribution in [0.2, 0.25) is 0 Å². The number of carbonyl (C=O) groups is 1. The van der Waals surface area contributed by atoms with Crippen LogP contribution in [0, 0.1) is 0 Å². The zero-order valence-electron chi connectivity index (χ0n) is 5.85. The average Bonchev–Trinajstić information content (AvgIpc) is 2.17. The quantitative estimate of drug-likeness (QED) is 0.645. The van der Waals surface area contributed by atoms with Crippen molar-refractivity contribution in [1.29, 1.82) is 0 Å². The standard InChI is InChI=1S/C6H8INO2/c1-8-3-4(10-2)5(7)6(8)9/h3H2,1-2H3. The largest absolute Gasteiger partial charge is 0.498 e. The minimum Gasteiger partial charge on any atom is -0.498 e. The minimum absolute atomic E-state index is 0.0532. The molecule has 0 fully saturated rings. The second kappa shape index (κ2) is 2.77. The van der Waals surface area contributed by atoms with E-state index in [0.29, 0.717) is 10.1 Å². The van der Waals surface area contributed by atoms with Crippen molar-refractivity contribution in [2.45, 2.75) is 0 Å². The van der Waals surface area contributed by atoms with Gasteiger partial charge in [-0.15, -0.1) is 0 Å². The maximum atomic E-state index is 11.1. The van der Waals surface area contributed by atoms with E-state index in [1.807, 2.05) is 22.6 Å². The normalized spacial score (nSPS) is 18.7. The van der Waals surface area contributed by atoms with Gasteiger partial charge in [-0.1, -0.05) is 0 Å². The molecule has 0 aliphatic carbocycles. The van der Waals surface area contributed by atoms with E-state index >= 15 is 0 Å². The molecule has 0 unspecified atom stereocenters. The van der Waals surface area contributed by atoms with Crippen LogP contribution >= 0.6 is 22.6 Å². The van der Waals surface area contributed by atoms with Crippen LogP contribution in [0.5, 0.6) is 0 Å². The summed E-state index contributed by atoms with van der Waals surface area (Å²) >= 11 is 2.00. The Morgan fingerprint density at radius 3 is 2.50 bits per heavy atom. The number of likely N-dealkylation sites (N-methyl/N-ethyl adjacent to an activating group) is 1. The zero-order chi connectivity index (χ0) is 7.72. The Balaban J connectivity index is 2.83. The second-order valence-corrected chi connectivity index (χ2v) is 3.18. The van der Waals surface area contributed by atoms with Crippen LogP contribution in [0.15, 0.2) is 9.34 Å². The number of hydrogen-bond acceptors (Lipinski definition) is 2. The Morgan fingerprint density at radius 2 is 2.30 bits per heavy atom. The summed E-state index contributed by atoms with van der Waals surface area (Å²) in [6.07, 6.45) is 0. The highest BCUT2D eigenvalue weighted by Gasteiger charge is 2.25. The molecule has 4 heteroatoms. The molecule has 0 bridgehead atoms. The predicted molar refractivity (Wildman–Crippen MR) is 45.7 cm³/mol. The molecule has 0 spiro atoms. The number of ether oxygens (including phenoxy) is 1. The first kappa shape index (κ1) is 7.84. The molecule has 56 valence electrons. The zero-order valence-corrected chi connectivity index (χ0v) is 8.01. The van der Waals surface area contributed by atoms with E-state index < -0.39 is 0 Å². The molecule has 0 aromatic carbocycles. The highest BCUT2D eigenvalue weighted by Crippen LogP contribution is 2.23. The fraction of sp³-hybridized carbons (Fsp3) is 0.500. The Bertz CT molecular complexity index is 200. The van der Waals surface area contributed by atoms with Gasteiger partial charge in [0.15, 0.2) is 0 Å². The Labute approximate surface area is 73.2 Å². The smallest absolute Gasteiger partial charge is 0.263 e. The van der Waals surface area contributed by atoms with Gasteiger partial charge in [-0.25, -0.2) is 0 Å². The Kier molecular flexibility index (Phi) is 2.18. The van der Waals surface area contributed by atoms with Crippen molar-refractivity contribution >= 4 is 28.5 Å². The van der Waals surface area contributed by atoms with Crippen molar-refractivity contribution in [3.05, 3.63) is 9.34 Å². The van der Waals surface area contributed by atoms with Gasteiger partial charge in [-0.3, -0.25) is 4.79 Å². The van der Waals surface area contributed by atoms with Crippen molar-refractivity contribution in [3.63, 3.8) is 0 Å². The Hall–Kier alpha value is -0.260. The maximum Gasteiger partial charge on any atom is 0.263 e. The summed E-state index contributed by atoms with van der Waals surface area (Å²) in [7, 11) is 3.34. The average molecular weight is 253 g/mol. The van der Waals surface area contributed by atoms with Gasteiger partial charge < -0.3 is 9.64 Å². The van der Waals surface area contributed by atoms with Crippen molar-refractivity contribution in [1.82, 2.24) is 4.90 Å². The van der Waals surface area contributed by atoms with Crippen LogP contribution < -0.4 is 0 Å². The number of rotatable bonds is 1. The lowest BCUT2D eigenvalue weighted by Crippen LogP contribution is -2.20. The summed E-state index contributed by atoms with van der Waals surface area (Å²) in [5, 5.41) is 0. The topological polar surface area (TPSA) is 29.5 Å². The first-order valence-electron chi connectivity index (χ1n) is 2.85. The van der Waals surface area contributed by atoms with E-state index in [1.165, 1.54) is 0 Å². The van der Waals surface area contributed by atoms with E-state index in [-0.39, 0.29) is 5.91 Å². The molecule has 1 aliphatic heterocycles. The van der Waals surface area contributed by atoms with Gasteiger partial charge in [0, 0.05) is 7.05 Å². The van der Waals surface area contributed by atoms with Crippen molar-refractivity contribution in [2.24, 2.45) is 0 Å². The summed E-state index contributed by atoms with van der Waals surface area (Å²) in [6.45, 7) is 0.605. The van der Waals surface area contributed by atoms with Crippen molar-refractivity contribution < 1.29 is 9.53 Å². The fourth-order valence-electron chi connectivity index (χ4n) is 0.798. The summed E-state index contributed by atoms with van der Waals surface area (Å²) in [5.74, 6) is 0.825. The summed E-state index contributed by atoms with van der Waals surface area (Å²) in [6, 6.07) is 0. The molecule has 3 nitrogen and oxygen atoms in total.